The van der Waals surface area contributed by atoms with Crippen LogP contribution in [0.25, 0.3) is 0 Å². The summed E-state index contributed by atoms with van der Waals surface area (Å²) in [4.78, 5) is 20.0. The van der Waals surface area contributed by atoms with Gasteiger partial charge in [0.1, 0.15) is 8.07 Å². The molecule has 1 aromatic carbocycles. The third-order valence-corrected chi connectivity index (χ3v) is 14.2. The lowest BCUT2D eigenvalue weighted by Crippen LogP contribution is -2.52. The van der Waals surface area contributed by atoms with Gasteiger partial charge in [0.25, 0.3) is 0 Å². The number of carbonyl (C=O) groups is 1. The van der Waals surface area contributed by atoms with E-state index in [-0.39, 0.29) is 5.78 Å². The highest BCUT2D eigenvalue weighted by atomic mass is 28.3. The number of hydrogen-bond donors (Lipinski definition) is 0. The van der Waals surface area contributed by atoms with E-state index in [1.807, 2.05) is 12.2 Å². The molecule has 0 spiro atoms. The van der Waals surface area contributed by atoms with Gasteiger partial charge in [-0.25, -0.2) is 4.99 Å². The average molecular weight is 561 g/mol. The van der Waals surface area contributed by atoms with Crippen LogP contribution < -0.4 is 10.1 Å². The van der Waals surface area contributed by atoms with Crippen molar-refractivity contribution in [3.05, 3.63) is 41.6 Å². The Balaban J connectivity index is 1.21. The first kappa shape index (κ1) is 31.0. The summed E-state index contributed by atoms with van der Waals surface area (Å²) >= 11 is 0. The Morgan fingerprint density at radius 2 is 1.32 bits per heavy atom. The van der Waals surface area contributed by atoms with Crippen LogP contribution in [0.3, 0.4) is 0 Å². The maximum absolute atomic E-state index is 12.5. The molecule has 1 fully saturated rings. The van der Waals surface area contributed by atoms with Crippen molar-refractivity contribution in [2.75, 3.05) is 18.0 Å². The van der Waals surface area contributed by atoms with Crippen molar-refractivity contribution in [2.24, 2.45) is 4.99 Å². The molecule has 1 aromatic rings. The minimum absolute atomic E-state index is 0.135. The predicted molar refractivity (Wildman–Crippen MR) is 177 cm³/mol. The van der Waals surface area contributed by atoms with Gasteiger partial charge in [-0.2, -0.15) is 0 Å². The van der Waals surface area contributed by atoms with Crippen LogP contribution in [0.4, 0.5) is 11.4 Å². The number of fused-ring (bicyclic) bond motifs is 2. The van der Waals surface area contributed by atoms with Gasteiger partial charge >= 0.3 is 0 Å². The van der Waals surface area contributed by atoms with Gasteiger partial charge in [-0.05, 0) is 72.1 Å². The van der Waals surface area contributed by atoms with E-state index in [4.69, 9.17) is 4.99 Å². The lowest BCUT2D eigenvalue weighted by molar-refractivity contribution is -0.110. The molecule has 0 radical (unpaired) electrons. The fourth-order valence-electron chi connectivity index (χ4n) is 7.04. The summed E-state index contributed by atoms with van der Waals surface area (Å²) in [6.45, 7) is 7.12. The van der Waals surface area contributed by atoms with Crippen molar-refractivity contribution in [3.8, 4) is 0 Å². The molecule has 3 nitrogen and oxygen atoms in total. The largest absolute Gasteiger partial charge is 0.372 e. The molecule has 2 heterocycles. The normalized spacial score (nSPS) is 20.2. The van der Waals surface area contributed by atoms with Crippen molar-refractivity contribution in [3.63, 3.8) is 0 Å². The first-order valence-corrected chi connectivity index (χ1v) is 19.8. The lowest BCUT2D eigenvalue weighted by atomic mass is 10.0. The van der Waals surface area contributed by atoms with Crippen LogP contribution in [-0.4, -0.2) is 32.7 Å². The van der Waals surface area contributed by atoms with Crippen LogP contribution in [0.2, 0.25) is 12.6 Å². The Kier molecular flexibility index (Phi) is 12.8. The van der Waals surface area contributed by atoms with Crippen LogP contribution >= 0.6 is 0 Å². The summed E-state index contributed by atoms with van der Waals surface area (Å²) in [6, 6.07) is 8.22. The first-order chi connectivity index (χ1) is 19.6. The molecule has 3 aliphatic rings. The molecular formula is C36H56N2OSi. The van der Waals surface area contributed by atoms with Gasteiger partial charge in [0.15, 0.2) is 5.78 Å². The van der Waals surface area contributed by atoms with Crippen molar-refractivity contribution < 1.29 is 4.79 Å². The molecule has 1 atom stereocenters. The second-order valence-electron chi connectivity index (χ2n) is 12.9. The monoisotopic (exact) mass is 560 g/mol. The van der Waals surface area contributed by atoms with Gasteiger partial charge in [0.2, 0.25) is 0 Å². The third kappa shape index (κ3) is 8.78. The summed E-state index contributed by atoms with van der Waals surface area (Å²) in [6.07, 6.45) is 31.9. The number of aliphatic imine (C=N–C) groups is 1. The van der Waals surface area contributed by atoms with Crippen LogP contribution in [0.15, 0.2) is 46.6 Å². The van der Waals surface area contributed by atoms with Gasteiger partial charge < -0.3 is 4.90 Å². The van der Waals surface area contributed by atoms with Crippen molar-refractivity contribution in [1.82, 2.24) is 0 Å². The van der Waals surface area contributed by atoms with Crippen LogP contribution in [-0.2, 0) is 4.79 Å². The molecule has 0 amide bonds. The zero-order valence-corrected chi connectivity index (χ0v) is 26.8. The molecule has 4 rings (SSSR count). The predicted octanol–water partition coefficient (Wildman–Crippen LogP) is 9.91. The van der Waals surface area contributed by atoms with E-state index >= 15 is 0 Å². The van der Waals surface area contributed by atoms with Crippen LogP contribution in [0, 0.1) is 0 Å². The fourth-order valence-corrected chi connectivity index (χ4v) is 11.2. The highest BCUT2D eigenvalue weighted by Gasteiger charge is 2.41. The maximum Gasteiger partial charge on any atom is 0.178 e. The molecule has 0 saturated carbocycles. The lowest BCUT2D eigenvalue weighted by Gasteiger charge is -2.38. The molecule has 2 aliphatic heterocycles. The van der Waals surface area contributed by atoms with Gasteiger partial charge in [-0.1, -0.05) is 116 Å². The summed E-state index contributed by atoms with van der Waals surface area (Å²) < 4.78 is 0. The molecule has 1 saturated heterocycles. The summed E-state index contributed by atoms with van der Waals surface area (Å²) in [5, 5.41) is 2.72. The van der Waals surface area contributed by atoms with Crippen molar-refractivity contribution >= 4 is 36.1 Å². The number of carbonyl (C=O) groups excluding carboxylic acids is 1. The number of hydrogen-bond acceptors (Lipinski definition) is 3. The standard InChI is InChI=1S/C36H56N2OSi/c1-3-4-5-6-7-8-9-10-11-12-13-14-15-16-17-21-28-40(2)35-29-31(38-26-19-18-20-27-38)22-24-33(35)37-34-25-23-32(39)30-36(34)40/h22-25,29-30H,3-21,26-28H2,1-2H3. The SMILES string of the molecule is CCCCCCCCCCCCCCCCCC[Si]1(C)C2=CC(=O)C=CC2=Nc2ccc(N3CCCCC3)cc21. The number of nitrogens with zero attached hydrogens (tertiary/aromatic N) is 2. The number of ketones is 1. The Morgan fingerprint density at radius 3 is 1.93 bits per heavy atom. The van der Waals surface area contributed by atoms with Crippen molar-refractivity contribution in [1.29, 1.82) is 0 Å². The van der Waals surface area contributed by atoms with E-state index in [2.05, 4.69) is 36.6 Å². The fraction of sp³-hybridized carbons (Fsp3) is 0.667. The van der Waals surface area contributed by atoms with Crippen molar-refractivity contribution in [2.45, 2.75) is 142 Å². The number of piperidine rings is 1. The molecule has 220 valence electrons. The first-order valence-electron chi connectivity index (χ1n) is 17.0. The molecule has 0 N–H and O–H groups in total. The number of unbranched alkanes of at least 4 members (excludes halogenated alkanes) is 15. The Hall–Kier alpha value is -1.94. The molecular weight excluding hydrogens is 504 g/mol. The van der Waals surface area contributed by atoms with Gasteiger partial charge in [0, 0.05) is 18.8 Å². The van der Waals surface area contributed by atoms with E-state index in [9.17, 15) is 4.79 Å². The smallest absolute Gasteiger partial charge is 0.178 e. The van der Waals surface area contributed by atoms with E-state index in [0.29, 0.717) is 0 Å². The molecule has 0 aromatic heterocycles. The quantitative estimate of drug-likeness (QED) is 0.102. The Labute approximate surface area is 246 Å². The Bertz CT molecular complexity index is 1040. The summed E-state index contributed by atoms with van der Waals surface area (Å²) in [5.41, 5.74) is 3.56. The van der Waals surface area contributed by atoms with E-state index in [1.54, 1.807) is 6.08 Å². The molecule has 1 aliphatic carbocycles. The van der Waals surface area contributed by atoms with Crippen LogP contribution in [0.5, 0.6) is 0 Å². The second kappa shape index (κ2) is 16.5. The molecule has 0 bridgehead atoms. The Morgan fingerprint density at radius 1 is 0.750 bits per heavy atom. The second-order valence-corrected chi connectivity index (χ2v) is 17.2. The average Bonchev–Trinajstić information content (AvgIpc) is 2.98. The topological polar surface area (TPSA) is 32.7 Å². The number of rotatable bonds is 18. The summed E-state index contributed by atoms with van der Waals surface area (Å²) in [5.74, 6) is 0.135. The summed E-state index contributed by atoms with van der Waals surface area (Å²) in [7, 11) is -2.03. The van der Waals surface area contributed by atoms with E-state index < -0.39 is 8.07 Å². The third-order valence-electron chi connectivity index (χ3n) is 9.63. The number of benzene rings is 1. The number of anilines is 1. The maximum atomic E-state index is 12.5. The zero-order valence-electron chi connectivity index (χ0n) is 25.8. The van der Waals surface area contributed by atoms with E-state index in [0.717, 1.165) is 24.5 Å². The van der Waals surface area contributed by atoms with E-state index in [1.165, 1.54) is 144 Å². The molecule has 1 unspecified atom stereocenters. The van der Waals surface area contributed by atoms with Gasteiger partial charge in [-0.15, -0.1) is 0 Å². The minimum Gasteiger partial charge on any atom is -0.372 e. The van der Waals surface area contributed by atoms with Crippen LogP contribution in [0.1, 0.15) is 129 Å². The highest BCUT2D eigenvalue weighted by molar-refractivity contribution is 7.02. The zero-order chi connectivity index (χ0) is 28.0. The molecule has 4 heteroatoms. The number of allylic oxidation sites excluding steroid dienone is 4. The van der Waals surface area contributed by atoms with Gasteiger partial charge in [0.05, 0.1) is 11.4 Å². The highest BCUT2D eigenvalue weighted by Crippen LogP contribution is 2.36. The molecule has 40 heavy (non-hydrogen) atoms. The van der Waals surface area contributed by atoms with Gasteiger partial charge in [-0.3, -0.25) is 4.79 Å². The minimum atomic E-state index is -2.03.